The number of nitrogens with one attached hydrogen (secondary N) is 1. The number of aliphatic imine (C=N–C) groups is 1. The van der Waals surface area contributed by atoms with Crippen LogP contribution in [0.1, 0.15) is 71.9 Å². The van der Waals surface area contributed by atoms with E-state index in [0.29, 0.717) is 16.7 Å². The molecule has 3 aromatic carbocycles. The second-order valence-electron chi connectivity index (χ2n) is 13.8. The van der Waals surface area contributed by atoms with Crippen molar-refractivity contribution in [1.82, 2.24) is 10.3 Å². The number of carbonyl (C=O) groups is 2. The van der Waals surface area contributed by atoms with E-state index in [4.69, 9.17) is 25.9 Å². The summed E-state index contributed by atoms with van der Waals surface area (Å²) in [7, 11) is 1.37. The van der Waals surface area contributed by atoms with E-state index in [2.05, 4.69) is 10.3 Å². The molecule has 51 heavy (non-hydrogen) atoms. The SMILES string of the molecule is COc1cc(C(=O)NC[C@](O)(c2cccc(F)c2)c2cc3c(c(-c4ccc(C(C)(C)O)cc4)n2)OC[C@]3(C)C(N)=O)cc(/C=N/C2(F)CC2)c1N. The van der Waals surface area contributed by atoms with Gasteiger partial charge in [0.2, 0.25) is 5.91 Å². The van der Waals surface area contributed by atoms with Gasteiger partial charge in [0, 0.05) is 41.3 Å². The predicted molar refractivity (Wildman–Crippen MR) is 187 cm³/mol. The Morgan fingerprint density at radius 3 is 2.41 bits per heavy atom. The number of primary amides is 1. The molecule has 1 aromatic heterocycles. The molecule has 2 heterocycles. The maximum atomic E-state index is 14.7. The van der Waals surface area contributed by atoms with Gasteiger partial charge in [-0.05, 0) is 62.2 Å². The summed E-state index contributed by atoms with van der Waals surface area (Å²) >= 11 is 0. The summed E-state index contributed by atoms with van der Waals surface area (Å²) in [6.45, 7) is 4.29. The van der Waals surface area contributed by atoms with Crippen LogP contribution in [-0.2, 0) is 21.4 Å². The third kappa shape index (κ3) is 6.74. The van der Waals surface area contributed by atoms with Crippen LogP contribution in [-0.4, -0.2) is 59.3 Å². The second-order valence-corrected chi connectivity index (χ2v) is 13.8. The van der Waals surface area contributed by atoms with E-state index in [1.54, 1.807) is 45.0 Å². The van der Waals surface area contributed by atoms with E-state index in [1.165, 1.54) is 49.7 Å². The van der Waals surface area contributed by atoms with E-state index in [0.717, 1.165) is 6.07 Å². The number of hydrogen-bond donors (Lipinski definition) is 5. The summed E-state index contributed by atoms with van der Waals surface area (Å²) in [5.41, 5.74) is 9.70. The van der Waals surface area contributed by atoms with Crippen molar-refractivity contribution in [2.75, 3.05) is 26.0 Å². The van der Waals surface area contributed by atoms with Gasteiger partial charge in [0.05, 0.1) is 30.6 Å². The summed E-state index contributed by atoms with van der Waals surface area (Å²) in [5, 5.41) is 25.8. The second kappa shape index (κ2) is 12.7. The Morgan fingerprint density at radius 2 is 1.80 bits per heavy atom. The fraction of sp³-hybridized carbons (Fsp3) is 0.316. The number of halogens is 2. The molecule has 0 radical (unpaired) electrons. The van der Waals surface area contributed by atoms with Gasteiger partial charge in [0.25, 0.3) is 5.91 Å². The number of amides is 2. The molecule has 6 rings (SSSR count). The number of fused-ring (bicyclic) bond motifs is 1. The van der Waals surface area contributed by atoms with Crippen LogP contribution in [0.2, 0.25) is 0 Å². The largest absolute Gasteiger partial charge is 0.495 e. The summed E-state index contributed by atoms with van der Waals surface area (Å²) < 4.78 is 40.4. The zero-order valence-electron chi connectivity index (χ0n) is 28.6. The van der Waals surface area contributed by atoms with E-state index >= 15 is 0 Å². The lowest BCUT2D eigenvalue weighted by atomic mass is 9.80. The number of benzene rings is 3. The van der Waals surface area contributed by atoms with Gasteiger partial charge < -0.3 is 36.5 Å². The molecule has 1 aliphatic heterocycles. The molecule has 266 valence electrons. The van der Waals surface area contributed by atoms with E-state index in [-0.39, 0.29) is 64.7 Å². The lowest BCUT2D eigenvalue weighted by Crippen LogP contribution is -2.43. The predicted octanol–water partition coefficient (Wildman–Crippen LogP) is 4.39. The highest BCUT2D eigenvalue weighted by Crippen LogP contribution is 2.46. The van der Waals surface area contributed by atoms with Gasteiger partial charge >= 0.3 is 0 Å². The van der Waals surface area contributed by atoms with Crippen LogP contribution in [0.25, 0.3) is 11.3 Å². The van der Waals surface area contributed by atoms with Crippen molar-refractivity contribution in [3.8, 4) is 22.8 Å². The van der Waals surface area contributed by atoms with Gasteiger partial charge in [0.15, 0.2) is 5.79 Å². The molecule has 2 amide bonds. The Bertz CT molecular complexity index is 2060. The topological polar surface area (TPSA) is 182 Å². The minimum Gasteiger partial charge on any atom is -0.495 e. The number of ether oxygens (including phenoxy) is 2. The standard InChI is InChI=1S/C38H39F2N5O6/c1-35(2,48)24-10-8-21(9-11-24)31-32-27(36(3,20-51-32)34(42)47)17-29(45-31)38(49,25-6-5-7-26(39)16-25)19-43-33(46)22-14-23(18-44-37(40)12-13-37)30(41)28(15-22)50-4/h5-11,14-18,48-49H,12-13,19-20,41H2,1-4H3,(H2,42,47)(H,43,46)/b44-18+/t36-,38-/m0/s1. The van der Waals surface area contributed by atoms with Crippen LogP contribution in [0.15, 0.2) is 71.7 Å². The average molecular weight is 700 g/mol. The number of anilines is 1. The molecule has 7 N–H and O–H groups in total. The maximum Gasteiger partial charge on any atom is 0.251 e. The van der Waals surface area contributed by atoms with Crippen LogP contribution < -0.4 is 26.3 Å². The molecular formula is C38H39F2N5O6. The van der Waals surface area contributed by atoms with Crippen LogP contribution >= 0.6 is 0 Å². The highest BCUT2D eigenvalue weighted by Gasteiger charge is 2.46. The molecule has 13 heteroatoms. The molecule has 1 fully saturated rings. The highest BCUT2D eigenvalue weighted by atomic mass is 19.1. The Balaban J connectivity index is 1.45. The van der Waals surface area contributed by atoms with Gasteiger partial charge in [-0.2, -0.15) is 0 Å². The van der Waals surface area contributed by atoms with E-state index < -0.39 is 46.6 Å². The van der Waals surface area contributed by atoms with Gasteiger partial charge in [-0.3, -0.25) is 14.6 Å². The molecule has 2 atom stereocenters. The summed E-state index contributed by atoms with van der Waals surface area (Å²) in [5.74, 6) is -3.24. The van der Waals surface area contributed by atoms with E-state index in [9.17, 15) is 28.6 Å². The van der Waals surface area contributed by atoms with Crippen molar-refractivity contribution in [2.45, 2.75) is 56.0 Å². The third-order valence-electron chi connectivity index (χ3n) is 9.47. The molecule has 1 aliphatic carbocycles. The molecule has 11 nitrogen and oxygen atoms in total. The Morgan fingerprint density at radius 1 is 1.10 bits per heavy atom. The Kier molecular flexibility index (Phi) is 8.84. The van der Waals surface area contributed by atoms with Gasteiger partial charge in [0.1, 0.15) is 40.6 Å². The van der Waals surface area contributed by atoms with Crippen molar-refractivity contribution < 1.29 is 38.1 Å². The number of nitrogen functional groups attached to an aromatic ring is 1. The van der Waals surface area contributed by atoms with Crippen LogP contribution in [0.5, 0.6) is 11.5 Å². The van der Waals surface area contributed by atoms with Crippen molar-refractivity contribution in [3.63, 3.8) is 0 Å². The summed E-state index contributed by atoms with van der Waals surface area (Å²) in [4.78, 5) is 35.3. The summed E-state index contributed by atoms with van der Waals surface area (Å²) in [6, 6.07) is 16.4. The number of nitrogens with zero attached hydrogens (tertiary/aromatic N) is 2. The maximum absolute atomic E-state index is 14.7. The zero-order chi connectivity index (χ0) is 36.9. The number of rotatable bonds is 11. The van der Waals surface area contributed by atoms with Crippen LogP contribution in [0, 0.1) is 5.82 Å². The van der Waals surface area contributed by atoms with Crippen molar-refractivity contribution >= 4 is 23.7 Å². The van der Waals surface area contributed by atoms with Crippen molar-refractivity contribution in [1.29, 1.82) is 0 Å². The third-order valence-corrected chi connectivity index (χ3v) is 9.47. The fourth-order valence-electron chi connectivity index (χ4n) is 5.90. The molecule has 4 aromatic rings. The molecule has 2 aliphatic rings. The normalized spacial score (nSPS) is 18.8. The molecule has 1 saturated carbocycles. The van der Waals surface area contributed by atoms with Gasteiger partial charge in [-0.1, -0.05) is 36.4 Å². The molecule has 0 spiro atoms. The molecular weight excluding hydrogens is 660 g/mol. The van der Waals surface area contributed by atoms with Crippen LogP contribution in [0.4, 0.5) is 14.5 Å². The molecule has 0 unspecified atom stereocenters. The molecule has 0 saturated heterocycles. The van der Waals surface area contributed by atoms with Crippen molar-refractivity contribution in [3.05, 3.63) is 106 Å². The lowest BCUT2D eigenvalue weighted by molar-refractivity contribution is -0.123. The zero-order valence-corrected chi connectivity index (χ0v) is 28.6. The number of methoxy groups -OCH3 is 1. The Hall–Kier alpha value is -5.40. The first-order valence-electron chi connectivity index (χ1n) is 16.3. The quantitative estimate of drug-likeness (QED) is 0.0868. The number of aromatic nitrogens is 1. The van der Waals surface area contributed by atoms with Gasteiger partial charge in [-0.25, -0.2) is 13.8 Å². The highest BCUT2D eigenvalue weighted by molar-refractivity contribution is 5.99. The first-order chi connectivity index (χ1) is 24.0. The minimum atomic E-state index is -2.18. The Labute approximate surface area is 293 Å². The average Bonchev–Trinajstić information content (AvgIpc) is 3.74. The minimum absolute atomic E-state index is 0.0351. The number of hydrogen-bond acceptors (Lipinski definition) is 9. The first-order valence-corrected chi connectivity index (χ1v) is 16.3. The number of alkyl halides is 1. The first kappa shape index (κ1) is 35.4. The van der Waals surface area contributed by atoms with E-state index in [1.807, 2.05) is 0 Å². The summed E-state index contributed by atoms with van der Waals surface area (Å²) in [6.07, 6.45) is 1.83. The van der Waals surface area contributed by atoms with Crippen LogP contribution in [0.3, 0.4) is 0 Å². The number of aliphatic hydroxyl groups is 2. The number of carbonyl (C=O) groups excluding carboxylic acids is 2. The lowest BCUT2D eigenvalue weighted by Gasteiger charge is -2.30. The monoisotopic (exact) mass is 699 g/mol. The molecule has 0 bridgehead atoms. The number of nitrogens with two attached hydrogens (primary N) is 2. The fourth-order valence-corrected chi connectivity index (χ4v) is 5.90. The van der Waals surface area contributed by atoms with Gasteiger partial charge in [-0.15, -0.1) is 0 Å². The van der Waals surface area contributed by atoms with Crippen molar-refractivity contribution in [2.24, 2.45) is 10.7 Å². The number of pyridine rings is 1. The smallest absolute Gasteiger partial charge is 0.251 e.